The van der Waals surface area contributed by atoms with Crippen LogP contribution in [0.1, 0.15) is 5.76 Å². The molecule has 1 amide bonds. The lowest BCUT2D eigenvalue weighted by atomic mass is 10.3. The van der Waals surface area contributed by atoms with Crippen LogP contribution < -0.4 is 10.1 Å². The second kappa shape index (κ2) is 5.85. The third-order valence-corrected chi connectivity index (χ3v) is 2.80. The van der Waals surface area contributed by atoms with Crippen LogP contribution in [0.25, 0.3) is 0 Å². The van der Waals surface area contributed by atoms with Gasteiger partial charge in [0.15, 0.2) is 6.61 Å². The van der Waals surface area contributed by atoms with Gasteiger partial charge in [0.1, 0.15) is 5.76 Å². The molecule has 0 spiro atoms. The van der Waals surface area contributed by atoms with E-state index in [2.05, 4.69) is 33.1 Å². The zero-order chi connectivity index (χ0) is 13.0. The molecule has 0 radical (unpaired) electrons. The van der Waals surface area contributed by atoms with Crippen molar-refractivity contribution < 1.29 is 14.1 Å². The summed E-state index contributed by atoms with van der Waals surface area (Å²) in [5.74, 6) is 0.713. The van der Waals surface area contributed by atoms with Gasteiger partial charge < -0.3 is 14.6 Å². The lowest BCUT2D eigenvalue weighted by molar-refractivity contribution is -0.118. The summed E-state index contributed by atoms with van der Waals surface area (Å²) in [6.07, 6.45) is 0. The molecule has 6 heteroatoms. The minimum atomic E-state index is -0.239. The monoisotopic (exact) mass is 358 g/mol. The molecule has 5 nitrogen and oxygen atoms in total. The molecule has 18 heavy (non-hydrogen) atoms. The van der Waals surface area contributed by atoms with E-state index < -0.39 is 0 Å². The van der Waals surface area contributed by atoms with E-state index in [4.69, 9.17) is 9.26 Å². The van der Waals surface area contributed by atoms with Crippen LogP contribution in [0.3, 0.4) is 0 Å². The SMILES string of the molecule is Cc1cc(OCC(=O)Nc2ccc(I)cc2)no1. The second-order valence-electron chi connectivity index (χ2n) is 3.62. The van der Waals surface area contributed by atoms with E-state index in [9.17, 15) is 4.79 Å². The molecule has 0 saturated heterocycles. The Balaban J connectivity index is 1.83. The third-order valence-electron chi connectivity index (χ3n) is 2.09. The Labute approximate surface area is 118 Å². The molecule has 2 rings (SSSR count). The number of hydrogen-bond acceptors (Lipinski definition) is 4. The van der Waals surface area contributed by atoms with Gasteiger partial charge in [0.05, 0.1) is 0 Å². The summed E-state index contributed by atoms with van der Waals surface area (Å²) in [5.41, 5.74) is 0.736. The number of aryl methyl sites for hydroxylation is 1. The van der Waals surface area contributed by atoms with Gasteiger partial charge in [-0.3, -0.25) is 4.79 Å². The molecule has 0 fully saturated rings. The molecule has 1 aromatic heterocycles. The summed E-state index contributed by atoms with van der Waals surface area (Å²) < 4.78 is 11.1. The van der Waals surface area contributed by atoms with Crippen molar-refractivity contribution in [2.24, 2.45) is 0 Å². The number of halogens is 1. The summed E-state index contributed by atoms with van der Waals surface area (Å²) >= 11 is 2.20. The molecule has 1 aromatic carbocycles. The number of carbonyl (C=O) groups excluding carboxylic acids is 1. The Hall–Kier alpha value is -1.57. The first kappa shape index (κ1) is 12.9. The fourth-order valence-corrected chi connectivity index (χ4v) is 1.64. The number of hydrogen-bond donors (Lipinski definition) is 1. The quantitative estimate of drug-likeness (QED) is 0.854. The highest BCUT2D eigenvalue weighted by Crippen LogP contribution is 2.12. The van der Waals surface area contributed by atoms with Crippen molar-refractivity contribution >= 4 is 34.2 Å². The molecule has 1 heterocycles. The number of nitrogens with one attached hydrogen (secondary N) is 1. The molecule has 0 atom stereocenters. The standard InChI is InChI=1S/C12H11IN2O3/c1-8-6-12(15-18-8)17-7-11(16)14-10-4-2-9(13)3-5-10/h2-6H,7H2,1H3,(H,14,16). The van der Waals surface area contributed by atoms with Gasteiger partial charge in [-0.15, -0.1) is 0 Å². The van der Waals surface area contributed by atoms with Gasteiger partial charge in [0.2, 0.25) is 0 Å². The van der Waals surface area contributed by atoms with Gasteiger partial charge in [0, 0.05) is 15.3 Å². The van der Waals surface area contributed by atoms with Gasteiger partial charge in [-0.25, -0.2) is 0 Å². The first-order valence-electron chi connectivity index (χ1n) is 5.25. The Bertz CT molecular complexity index is 537. The molecule has 0 saturated carbocycles. The minimum absolute atomic E-state index is 0.0992. The fourth-order valence-electron chi connectivity index (χ4n) is 1.28. The van der Waals surface area contributed by atoms with E-state index >= 15 is 0 Å². The van der Waals surface area contributed by atoms with Crippen molar-refractivity contribution in [3.63, 3.8) is 0 Å². The number of benzene rings is 1. The van der Waals surface area contributed by atoms with E-state index in [0.717, 1.165) is 9.26 Å². The van der Waals surface area contributed by atoms with Gasteiger partial charge in [-0.05, 0) is 58.9 Å². The topological polar surface area (TPSA) is 64.4 Å². The molecule has 0 aliphatic carbocycles. The van der Waals surface area contributed by atoms with Crippen molar-refractivity contribution in [2.45, 2.75) is 6.92 Å². The Morgan fingerprint density at radius 3 is 2.78 bits per heavy atom. The number of amides is 1. The Morgan fingerprint density at radius 2 is 2.17 bits per heavy atom. The van der Waals surface area contributed by atoms with Crippen LogP contribution in [0.5, 0.6) is 5.88 Å². The number of aromatic nitrogens is 1. The lowest BCUT2D eigenvalue weighted by Gasteiger charge is -2.05. The Kier molecular flexibility index (Phi) is 4.19. The zero-order valence-electron chi connectivity index (χ0n) is 9.64. The van der Waals surface area contributed by atoms with Crippen molar-refractivity contribution in [3.8, 4) is 5.88 Å². The highest BCUT2D eigenvalue weighted by atomic mass is 127. The van der Waals surface area contributed by atoms with Gasteiger partial charge >= 0.3 is 0 Å². The number of anilines is 1. The average molecular weight is 358 g/mol. The van der Waals surface area contributed by atoms with Crippen LogP contribution in [0.15, 0.2) is 34.9 Å². The van der Waals surface area contributed by atoms with Crippen molar-refractivity contribution in [1.82, 2.24) is 5.16 Å². The molecular formula is C12H11IN2O3. The van der Waals surface area contributed by atoms with Crippen LogP contribution in [0, 0.1) is 10.5 Å². The van der Waals surface area contributed by atoms with Gasteiger partial charge in [0.25, 0.3) is 11.8 Å². The first-order chi connectivity index (χ1) is 8.63. The van der Waals surface area contributed by atoms with Crippen LogP contribution in [0.2, 0.25) is 0 Å². The third kappa shape index (κ3) is 3.73. The van der Waals surface area contributed by atoms with Crippen molar-refractivity contribution in [2.75, 3.05) is 11.9 Å². The molecule has 0 unspecified atom stereocenters. The molecule has 0 bridgehead atoms. The zero-order valence-corrected chi connectivity index (χ0v) is 11.8. The second-order valence-corrected chi connectivity index (χ2v) is 4.87. The lowest BCUT2D eigenvalue weighted by Crippen LogP contribution is -2.20. The maximum Gasteiger partial charge on any atom is 0.262 e. The highest BCUT2D eigenvalue weighted by molar-refractivity contribution is 14.1. The van der Waals surface area contributed by atoms with Gasteiger partial charge in [-0.1, -0.05) is 0 Å². The van der Waals surface area contributed by atoms with Crippen LogP contribution in [0.4, 0.5) is 5.69 Å². The first-order valence-corrected chi connectivity index (χ1v) is 6.33. The van der Waals surface area contributed by atoms with Crippen LogP contribution in [-0.4, -0.2) is 17.7 Å². The normalized spacial score (nSPS) is 10.1. The summed E-state index contributed by atoms with van der Waals surface area (Å²) in [6, 6.07) is 9.12. The molecule has 1 N–H and O–H groups in total. The van der Waals surface area contributed by atoms with Gasteiger partial charge in [-0.2, -0.15) is 0 Å². The molecule has 2 aromatic rings. The fraction of sp³-hybridized carbons (Fsp3) is 0.167. The maximum atomic E-state index is 11.6. The van der Waals surface area contributed by atoms with Crippen molar-refractivity contribution in [3.05, 3.63) is 39.7 Å². The summed E-state index contributed by atoms with van der Waals surface area (Å²) in [4.78, 5) is 11.6. The summed E-state index contributed by atoms with van der Waals surface area (Å²) in [6.45, 7) is 1.66. The number of carbonyl (C=O) groups is 1. The molecular weight excluding hydrogens is 347 g/mol. The highest BCUT2D eigenvalue weighted by Gasteiger charge is 2.06. The average Bonchev–Trinajstić information content (AvgIpc) is 2.76. The predicted octanol–water partition coefficient (Wildman–Crippen LogP) is 2.61. The number of nitrogens with zero attached hydrogens (tertiary/aromatic N) is 1. The largest absolute Gasteiger partial charge is 0.465 e. The van der Waals surface area contributed by atoms with Crippen LogP contribution >= 0.6 is 22.6 Å². The van der Waals surface area contributed by atoms with E-state index in [0.29, 0.717) is 11.6 Å². The molecule has 94 valence electrons. The molecule has 0 aliphatic rings. The van der Waals surface area contributed by atoms with E-state index in [1.165, 1.54) is 0 Å². The smallest absolute Gasteiger partial charge is 0.262 e. The van der Waals surface area contributed by atoms with E-state index in [1.54, 1.807) is 13.0 Å². The van der Waals surface area contributed by atoms with Crippen LogP contribution in [-0.2, 0) is 4.79 Å². The number of ether oxygens (including phenoxy) is 1. The molecule has 0 aliphatic heterocycles. The summed E-state index contributed by atoms with van der Waals surface area (Å²) in [7, 11) is 0. The minimum Gasteiger partial charge on any atom is -0.465 e. The summed E-state index contributed by atoms with van der Waals surface area (Å²) in [5, 5.41) is 6.35. The van der Waals surface area contributed by atoms with Crippen molar-refractivity contribution in [1.29, 1.82) is 0 Å². The Morgan fingerprint density at radius 1 is 1.44 bits per heavy atom. The maximum absolute atomic E-state index is 11.6. The van der Waals surface area contributed by atoms with E-state index in [1.807, 2.05) is 24.3 Å². The predicted molar refractivity (Wildman–Crippen MR) is 74.5 cm³/mol. The number of rotatable bonds is 4. The van der Waals surface area contributed by atoms with E-state index in [-0.39, 0.29) is 12.5 Å².